The number of tetrazole rings is 1. The fraction of sp³-hybridized carbons (Fsp3) is 0.385. The molecule has 5 rings (SSSR count). The van der Waals surface area contributed by atoms with Gasteiger partial charge < -0.3 is 9.64 Å². The first-order valence-corrected chi connectivity index (χ1v) is 13.1. The molecule has 1 N–H and O–H groups in total. The monoisotopic (exact) mass is 504 g/mol. The van der Waals surface area contributed by atoms with Gasteiger partial charge in [0.2, 0.25) is 0 Å². The number of amidine groups is 1. The quantitative estimate of drug-likeness (QED) is 0.457. The van der Waals surface area contributed by atoms with E-state index >= 15 is 0 Å². The van der Waals surface area contributed by atoms with Crippen molar-refractivity contribution in [1.82, 2.24) is 25.5 Å². The Bertz CT molecular complexity index is 1260. The summed E-state index contributed by atoms with van der Waals surface area (Å²) in [4.78, 5) is 31.9. The maximum absolute atomic E-state index is 12.9. The van der Waals surface area contributed by atoms with Crippen LogP contribution in [0.1, 0.15) is 38.7 Å². The lowest BCUT2D eigenvalue weighted by molar-refractivity contribution is -0.148. The van der Waals surface area contributed by atoms with E-state index in [9.17, 15) is 9.59 Å². The molecule has 2 unspecified atom stereocenters. The Balaban J connectivity index is 1.43. The zero-order chi connectivity index (χ0) is 25.1. The molecule has 2 aromatic carbocycles. The van der Waals surface area contributed by atoms with E-state index in [1.54, 1.807) is 0 Å². The number of hydrogen-bond donors (Lipinski definition) is 1. The highest BCUT2D eigenvalue weighted by Crippen LogP contribution is 2.38. The van der Waals surface area contributed by atoms with E-state index in [2.05, 4.69) is 25.6 Å². The summed E-state index contributed by atoms with van der Waals surface area (Å²) in [5.74, 6) is 0.274. The second kappa shape index (κ2) is 10.6. The van der Waals surface area contributed by atoms with E-state index in [0.717, 1.165) is 41.5 Å². The number of benzene rings is 2. The highest BCUT2D eigenvalue weighted by molar-refractivity contribution is 8.14. The van der Waals surface area contributed by atoms with Crippen molar-refractivity contribution in [3.8, 4) is 22.5 Å². The number of aromatic nitrogens is 4. The number of nitrogens with zero attached hydrogens (tertiary/aromatic N) is 5. The van der Waals surface area contributed by atoms with Crippen LogP contribution in [0.4, 0.5) is 0 Å². The predicted octanol–water partition coefficient (Wildman–Crippen LogP) is 4.09. The molecule has 2 heterocycles. The molecule has 3 aromatic rings. The summed E-state index contributed by atoms with van der Waals surface area (Å²) in [5.41, 5.74) is 3.95. The van der Waals surface area contributed by atoms with E-state index < -0.39 is 6.04 Å². The zero-order valence-electron chi connectivity index (χ0n) is 20.3. The van der Waals surface area contributed by atoms with Crippen LogP contribution in [0.2, 0.25) is 0 Å². The number of ether oxygens (including phenoxy) is 1. The van der Waals surface area contributed by atoms with Gasteiger partial charge in [-0.1, -0.05) is 67.2 Å². The third-order valence-electron chi connectivity index (χ3n) is 6.40. The number of carbonyl (C=O) groups excluding carboxylic acids is 2. The number of hydrogen-bond acceptors (Lipinski definition) is 7. The molecule has 1 aliphatic carbocycles. The van der Waals surface area contributed by atoms with Crippen molar-refractivity contribution in [2.24, 2.45) is 10.9 Å². The summed E-state index contributed by atoms with van der Waals surface area (Å²) in [6.45, 7) is 4.62. The largest absolute Gasteiger partial charge is 0.464 e. The summed E-state index contributed by atoms with van der Waals surface area (Å²) in [6.07, 6.45) is 2.56. The van der Waals surface area contributed by atoms with E-state index in [-0.39, 0.29) is 23.0 Å². The van der Waals surface area contributed by atoms with Gasteiger partial charge >= 0.3 is 5.97 Å². The van der Waals surface area contributed by atoms with Crippen molar-refractivity contribution in [1.29, 1.82) is 0 Å². The SMILES string of the molecule is CCOC(=O)C1C(CC)SC(=NC(=O)C2CC2)N1Cc1ccc(-c2ccccc2-c2nnn[nH]2)cc1. The number of aliphatic imine (C=N–C) groups is 1. The van der Waals surface area contributed by atoms with Crippen LogP contribution in [-0.4, -0.2) is 60.5 Å². The molecule has 1 saturated heterocycles. The highest BCUT2D eigenvalue weighted by atomic mass is 32.2. The Kier molecular flexibility index (Phi) is 7.13. The summed E-state index contributed by atoms with van der Waals surface area (Å²) in [7, 11) is 0. The van der Waals surface area contributed by atoms with Crippen molar-refractivity contribution in [3.63, 3.8) is 0 Å². The molecular weight excluding hydrogens is 476 g/mol. The molecule has 9 nitrogen and oxygen atoms in total. The number of esters is 1. The number of thioether (sulfide) groups is 1. The van der Waals surface area contributed by atoms with E-state index in [1.807, 2.05) is 67.3 Å². The van der Waals surface area contributed by atoms with Crippen LogP contribution in [0, 0.1) is 5.92 Å². The van der Waals surface area contributed by atoms with E-state index in [0.29, 0.717) is 24.1 Å². The van der Waals surface area contributed by atoms with Crippen molar-refractivity contribution < 1.29 is 14.3 Å². The number of H-pyrrole nitrogens is 1. The molecular formula is C26H28N6O3S. The maximum atomic E-state index is 12.9. The minimum atomic E-state index is -0.481. The lowest BCUT2D eigenvalue weighted by atomic mass is 9.98. The number of nitrogens with one attached hydrogen (secondary N) is 1. The molecule has 2 aliphatic rings. The van der Waals surface area contributed by atoms with E-state index in [4.69, 9.17) is 4.74 Å². The number of amides is 1. The van der Waals surface area contributed by atoms with Crippen LogP contribution in [0.5, 0.6) is 0 Å². The minimum absolute atomic E-state index is 0.0172. The molecule has 10 heteroatoms. The van der Waals surface area contributed by atoms with Gasteiger partial charge in [-0.3, -0.25) is 4.79 Å². The summed E-state index contributed by atoms with van der Waals surface area (Å²) < 4.78 is 5.41. The minimum Gasteiger partial charge on any atom is -0.464 e. The number of aromatic amines is 1. The Morgan fingerprint density at radius 2 is 1.86 bits per heavy atom. The molecule has 1 aromatic heterocycles. The predicted molar refractivity (Wildman–Crippen MR) is 138 cm³/mol. The normalized spacial score (nSPS) is 20.6. The average Bonchev–Trinajstić information content (AvgIpc) is 3.50. The van der Waals surface area contributed by atoms with E-state index in [1.165, 1.54) is 11.8 Å². The third kappa shape index (κ3) is 5.04. The van der Waals surface area contributed by atoms with Crippen LogP contribution in [0.15, 0.2) is 53.5 Å². The third-order valence-corrected chi connectivity index (χ3v) is 7.83. The first-order valence-electron chi connectivity index (χ1n) is 12.2. The topological polar surface area (TPSA) is 113 Å². The van der Waals surface area contributed by atoms with Gasteiger partial charge in [0.1, 0.15) is 6.04 Å². The lowest BCUT2D eigenvalue weighted by Gasteiger charge is -2.26. The molecule has 0 bridgehead atoms. The molecule has 0 spiro atoms. The molecule has 1 amide bonds. The summed E-state index contributed by atoms with van der Waals surface area (Å²) in [5, 5.41) is 14.9. The molecule has 186 valence electrons. The average molecular weight is 505 g/mol. The molecule has 36 heavy (non-hydrogen) atoms. The Hall–Kier alpha value is -3.53. The maximum Gasteiger partial charge on any atom is 0.330 e. The second-order valence-corrected chi connectivity index (χ2v) is 10.1. The van der Waals surface area contributed by atoms with Gasteiger partial charge in [0.15, 0.2) is 11.0 Å². The molecule has 1 aliphatic heterocycles. The van der Waals surface area contributed by atoms with Gasteiger partial charge in [0, 0.05) is 23.3 Å². The van der Waals surface area contributed by atoms with Gasteiger partial charge in [-0.15, -0.1) is 5.10 Å². The highest BCUT2D eigenvalue weighted by Gasteiger charge is 2.44. The second-order valence-electron chi connectivity index (χ2n) is 8.89. The zero-order valence-corrected chi connectivity index (χ0v) is 21.1. The summed E-state index contributed by atoms with van der Waals surface area (Å²) in [6, 6.07) is 15.6. The number of rotatable bonds is 8. The van der Waals surface area contributed by atoms with Crippen LogP contribution in [-0.2, 0) is 20.9 Å². The van der Waals surface area contributed by atoms with Gasteiger partial charge in [-0.05, 0) is 53.3 Å². The van der Waals surface area contributed by atoms with Crippen molar-refractivity contribution >= 4 is 28.8 Å². The van der Waals surface area contributed by atoms with Crippen LogP contribution in [0.25, 0.3) is 22.5 Å². The standard InChI is InChI=1S/C26H28N6O3S/c1-3-21-22(25(34)35-4-2)32(26(36-21)27-24(33)18-13-14-18)15-16-9-11-17(12-10-16)19-7-5-6-8-20(19)23-28-30-31-29-23/h5-12,18,21-22H,3-4,13-15H2,1-2H3,(H,28,29,30,31). The van der Waals surface area contributed by atoms with Gasteiger partial charge in [0.05, 0.1) is 6.61 Å². The summed E-state index contributed by atoms with van der Waals surface area (Å²) >= 11 is 1.51. The Morgan fingerprint density at radius 3 is 2.50 bits per heavy atom. The van der Waals surface area contributed by atoms with Gasteiger partial charge in [-0.25, -0.2) is 9.89 Å². The molecule has 2 atom stereocenters. The Morgan fingerprint density at radius 1 is 1.11 bits per heavy atom. The lowest BCUT2D eigenvalue weighted by Crippen LogP contribution is -2.43. The first kappa shape index (κ1) is 24.2. The van der Waals surface area contributed by atoms with Crippen molar-refractivity contribution in [3.05, 3.63) is 54.1 Å². The number of carbonyl (C=O) groups is 2. The van der Waals surface area contributed by atoms with Gasteiger partial charge in [-0.2, -0.15) is 4.99 Å². The molecule has 1 saturated carbocycles. The van der Waals surface area contributed by atoms with Crippen LogP contribution in [0.3, 0.4) is 0 Å². The van der Waals surface area contributed by atoms with Crippen molar-refractivity contribution in [2.75, 3.05) is 6.61 Å². The van der Waals surface area contributed by atoms with Crippen LogP contribution >= 0.6 is 11.8 Å². The fourth-order valence-electron chi connectivity index (χ4n) is 4.37. The first-order chi connectivity index (χ1) is 17.6. The van der Waals surface area contributed by atoms with Crippen LogP contribution < -0.4 is 0 Å². The Labute approximate surface area is 213 Å². The molecule has 0 radical (unpaired) electrons. The molecule has 2 fully saturated rings. The van der Waals surface area contributed by atoms with Crippen molar-refractivity contribution in [2.45, 2.75) is 50.9 Å². The smallest absolute Gasteiger partial charge is 0.330 e. The van der Waals surface area contributed by atoms with Gasteiger partial charge in [0.25, 0.3) is 5.91 Å². The fourth-order valence-corrected chi connectivity index (χ4v) is 5.65.